The number of halogens is 1. The number of methoxy groups -OCH3 is 1. The highest BCUT2D eigenvalue weighted by atomic mass is 35.5. The van der Waals surface area contributed by atoms with Crippen molar-refractivity contribution >= 4 is 35.8 Å². The molecular formula is C14H20ClN3O4S. The van der Waals surface area contributed by atoms with E-state index in [2.05, 4.69) is 5.32 Å². The minimum atomic E-state index is -0.573. The number of nitrogens with one attached hydrogen (secondary N) is 1. The number of benzene rings is 1. The first-order chi connectivity index (χ1) is 10.5. The molecule has 0 radical (unpaired) electrons. The number of nitro benzene ring substituents is 1. The number of carbonyl (C=O) groups is 1. The molecule has 1 aromatic rings. The number of nitro groups is 1. The molecule has 1 aromatic carbocycles. The van der Waals surface area contributed by atoms with Crippen LogP contribution in [0.2, 0.25) is 0 Å². The Morgan fingerprint density at radius 2 is 2.22 bits per heavy atom. The van der Waals surface area contributed by atoms with Gasteiger partial charge in [-0.3, -0.25) is 14.9 Å². The van der Waals surface area contributed by atoms with Crippen LogP contribution in [0.3, 0.4) is 0 Å². The highest BCUT2D eigenvalue weighted by Gasteiger charge is 2.33. The van der Waals surface area contributed by atoms with Gasteiger partial charge in [-0.15, -0.1) is 24.2 Å². The standard InChI is InChI=1S/C14H19N3O4S.ClH/c1-21-12-6-11(17(19)20)9(5-13(12)22-2)14(18)16-10(7-15)8-3-4-8;/h5-6,8,10H,3-4,7,15H2,1-2H3,(H,16,18);1H. The highest BCUT2D eigenvalue weighted by Crippen LogP contribution is 2.35. The SMILES string of the molecule is COc1cc([N+](=O)[O-])c(C(=O)NC(CN)C2CC2)cc1SC.Cl. The van der Waals surface area contributed by atoms with Crippen LogP contribution in [0.25, 0.3) is 0 Å². The van der Waals surface area contributed by atoms with Crippen LogP contribution in [0.4, 0.5) is 5.69 Å². The van der Waals surface area contributed by atoms with Gasteiger partial charge in [-0.2, -0.15) is 0 Å². The molecule has 0 saturated heterocycles. The second-order valence-electron chi connectivity index (χ2n) is 5.13. The Kier molecular flexibility index (Phi) is 7.11. The number of hydrogen-bond acceptors (Lipinski definition) is 6. The zero-order valence-corrected chi connectivity index (χ0v) is 14.5. The molecule has 1 amide bonds. The lowest BCUT2D eigenvalue weighted by Crippen LogP contribution is -2.41. The van der Waals surface area contributed by atoms with Gasteiger partial charge in [0.1, 0.15) is 11.3 Å². The van der Waals surface area contributed by atoms with E-state index in [9.17, 15) is 14.9 Å². The molecule has 0 spiro atoms. The summed E-state index contributed by atoms with van der Waals surface area (Å²) in [6.45, 7) is 0.329. The Labute approximate surface area is 144 Å². The van der Waals surface area contributed by atoms with E-state index in [0.717, 1.165) is 12.8 Å². The summed E-state index contributed by atoms with van der Waals surface area (Å²) in [5.74, 6) is 0.298. The number of hydrogen-bond donors (Lipinski definition) is 2. The van der Waals surface area contributed by atoms with Gasteiger partial charge in [-0.05, 0) is 31.1 Å². The second kappa shape index (κ2) is 8.37. The van der Waals surface area contributed by atoms with Crippen molar-refractivity contribution in [2.75, 3.05) is 19.9 Å². The molecule has 23 heavy (non-hydrogen) atoms. The van der Waals surface area contributed by atoms with Crippen molar-refractivity contribution in [3.8, 4) is 5.75 Å². The van der Waals surface area contributed by atoms with Gasteiger partial charge in [0, 0.05) is 12.6 Å². The van der Waals surface area contributed by atoms with Gasteiger partial charge in [0.05, 0.1) is 23.0 Å². The van der Waals surface area contributed by atoms with Crippen LogP contribution in [-0.2, 0) is 0 Å². The Hall–Kier alpha value is -1.51. The maximum absolute atomic E-state index is 12.4. The third kappa shape index (κ3) is 4.49. The lowest BCUT2D eigenvalue weighted by molar-refractivity contribution is -0.385. The average Bonchev–Trinajstić information content (AvgIpc) is 3.35. The van der Waals surface area contributed by atoms with Crippen molar-refractivity contribution in [3.63, 3.8) is 0 Å². The molecule has 0 bridgehead atoms. The van der Waals surface area contributed by atoms with Gasteiger partial charge in [-0.25, -0.2) is 0 Å². The first-order valence-corrected chi connectivity index (χ1v) is 8.15. The van der Waals surface area contributed by atoms with E-state index in [4.69, 9.17) is 10.5 Å². The molecule has 3 N–H and O–H groups in total. The van der Waals surface area contributed by atoms with E-state index < -0.39 is 10.8 Å². The molecule has 0 aliphatic heterocycles. The van der Waals surface area contributed by atoms with Crippen LogP contribution in [0.1, 0.15) is 23.2 Å². The summed E-state index contributed by atoms with van der Waals surface area (Å²) in [4.78, 5) is 23.8. The molecule has 1 aliphatic carbocycles. The van der Waals surface area contributed by atoms with Crippen molar-refractivity contribution in [2.45, 2.75) is 23.8 Å². The lowest BCUT2D eigenvalue weighted by atomic mass is 10.1. The van der Waals surface area contributed by atoms with Crippen LogP contribution in [0, 0.1) is 16.0 Å². The second-order valence-corrected chi connectivity index (χ2v) is 5.98. The van der Waals surface area contributed by atoms with Crippen LogP contribution >= 0.6 is 24.2 Å². The molecule has 0 aromatic heterocycles. The Balaban J connectivity index is 0.00000264. The molecule has 0 heterocycles. The number of rotatable bonds is 7. The van der Waals surface area contributed by atoms with Gasteiger partial charge in [0.25, 0.3) is 11.6 Å². The number of nitrogens with two attached hydrogens (primary N) is 1. The predicted octanol–water partition coefficient (Wildman–Crippen LogP) is 2.21. The van der Waals surface area contributed by atoms with Gasteiger partial charge in [0.2, 0.25) is 0 Å². The summed E-state index contributed by atoms with van der Waals surface area (Å²) < 4.78 is 5.14. The van der Waals surface area contributed by atoms with Gasteiger partial charge < -0.3 is 15.8 Å². The molecule has 1 fully saturated rings. The zero-order chi connectivity index (χ0) is 16.3. The molecule has 1 unspecified atom stereocenters. The molecule has 7 nitrogen and oxygen atoms in total. The van der Waals surface area contributed by atoms with Crippen LogP contribution in [0.5, 0.6) is 5.75 Å². The maximum atomic E-state index is 12.4. The van der Waals surface area contributed by atoms with Crippen LogP contribution in [-0.4, -0.2) is 36.8 Å². The Bertz CT molecular complexity index is 596. The predicted molar refractivity (Wildman–Crippen MR) is 91.7 cm³/mol. The summed E-state index contributed by atoms with van der Waals surface area (Å²) in [5, 5.41) is 14.0. The van der Waals surface area contributed by atoms with Crippen molar-refractivity contribution in [1.29, 1.82) is 0 Å². The fourth-order valence-electron chi connectivity index (χ4n) is 2.32. The maximum Gasteiger partial charge on any atom is 0.285 e. The topological polar surface area (TPSA) is 107 Å². The normalized spacial score (nSPS) is 14.6. The van der Waals surface area contributed by atoms with E-state index in [-0.39, 0.29) is 29.7 Å². The summed E-state index contributed by atoms with van der Waals surface area (Å²) >= 11 is 1.36. The third-order valence-corrected chi connectivity index (χ3v) is 4.46. The number of thioether (sulfide) groups is 1. The Morgan fingerprint density at radius 3 is 2.65 bits per heavy atom. The Morgan fingerprint density at radius 1 is 1.57 bits per heavy atom. The quantitative estimate of drug-likeness (QED) is 0.438. The van der Waals surface area contributed by atoms with Crippen molar-refractivity contribution in [2.24, 2.45) is 11.7 Å². The monoisotopic (exact) mass is 361 g/mol. The molecule has 128 valence electrons. The van der Waals surface area contributed by atoms with Crippen molar-refractivity contribution < 1.29 is 14.5 Å². The number of ether oxygens (including phenoxy) is 1. The minimum absolute atomic E-state index is 0. The highest BCUT2D eigenvalue weighted by molar-refractivity contribution is 7.98. The molecule has 1 saturated carbocycles. The molecule has 1 aliphatic rings. The van der Waals surface area contributed by atoms with E-state index >= 15 is 0 Å². The van der Waals surface area contributed by atoms with E-state index in [1.165, 1.54) is 31.0 Å². The zero-order valence-electron chi connectivity index (χ0n) is 12.9. The number of nitrogens with zero attached hydrogens (tertiary/aromatic N) is 1. The first-order valence-electron chi connectivity index (χ1n) is 6.93. The summed E-state index contributed by atoms with van der Waals surface area (Å²) in [7, 11) is 1.44. The van der Waals surface area contributed by atoms with Crippen LogP contribution in [0.15, 0.2) is 17.0 Å². The van der Waals surface area contributed by atoms with Gasteiger partial charge >= 0.3 is 0 Å². The number of amides is 1. The minimum Gasteiger partial charge on any atom is -0.495 e. The third-order valence-electron chi connectivity index (χ3n) is 3.70. The lowest BCUT2D eigenvalue weighted by Gasteiger charge is -2.16. The average molecular weight is 362 g/mol. The van der Waals surface area contributed by atoms with E-state index in [1.807, 2.05) is 6.26 Å². The first kappa shape index (κ1) is 19.5. The summed E-state index contributed by atoms with van der Waals surface area (Å²) in [5.41, 5.74) is 5.44. The van der Waals surface area contributed by atoms with Crippen molar-refractivity contribution in [3.05, 3.63) is 27.8 Å². The smallest absolute Gasteiger partial charge is 0.285 e. The van der Waals surface area contributed by atoms with E-state index in [0.29, 0.717) is 23.1 Å². The molecular weight excluding hydrogens is 342 g/mol. The molecule has 2 rings (SSSR count). The van der Waals surface area contributed by atoms with Gasteiger partial charge in [-0.1, -0.05) is 0 Å². The number of carbonyl (C=O) groups excluding carboxylic acids is 1. The fraction of sp³-hybridized carbons (Fsp3) is 0.500. The van der Waals surface area contributed by atoms with E-state index in [1.54, 1.807) is 0 Å². The summed E-state index contributed by atoms with van der Waals surface area (Å²) in [6.07, 6.45) is 3.88. The fourth-order valence-corrected chi connectivity index (χ4v) is 2.89. The van der Waals surface area contributed by atoms with Crippen LogP contribution < -0.4 is 15.8 Å². The largest absolute Gasteiger partial charge is 0.495 e. The molecule has 1 atom stereocenters. The van der Waals surface area contributed by atoms with Crippen molar-refractivity contribution in [1.82, 2.24) is 5.32 Å². The molecule has 9 heteroatoms. The summed E-state index contributed by atoms with van der Waals surface area (Å²) in [6, 6.07) is 2.65. The van der Waals surface area contributed by atoms with Gasteiger partial charge in [0.15, 0.2) is 0 Å².